The van der Waals surface area contributed by atoms with Gasteiger partial charge >= 0.3 is 0 Å². The number of hydrogen-bond acceptors (Lipinski definition) is 4. The van der Waals surface area contributed by atoms with E-state index in [0.717, 1.165) is 35.8 Å². The number of nitrogens with one attached hydrogen (secondary N) is 1. The fraction of sp³-hybridized carbons (Fsp3) is 0.400. The molecule has 0 amide bonds. The molecule has 2 aromatic rings. The molecule has 1 aromatic heterocycles. The van der Waals surface area contributed by atoms with Gasteiger partial charge in [-0.25, -0.2) is 0 Å². The van der Waals surface area contributed by atoms with Crippen LogP contribution in [0.4, 0.5) is 5.82 Å². The van der Waals surface area contributed by atoms with E-state index >= 15 is 0 Å². The monoisotopic (exact) mass is 275 g/mol. The number of methoxy groups -OCH3 is 2. The molecule has 2 rings (SSSR count). The van der Waals surface area contributed by atoms with E-state index in [1.165, 1.54) is 0 Å². The van der Waals surface area contributed by atoms with Gasteiger partial charge in [0.15, 0.2) is 0 Å². The zero-order valence-electron chi connectivity index (χ0n) is 12.2. The van der Waals surface area contributed by atoms with E-state index < -0.39 is 0 Å². The van der Waals surface area contributed by atoms with Gasteiger partial charge in [0, 0.05) is 37.0 Å². The summed E-state index contributed by atoms with van der Waals surface area (Å²) < 4.78 is 12.5. The minimum atomic E-state index is 0.663. The number of hydrogen-bond donors (Lipinski definition) is 1. The fourth-order valence-electron chi connectivity index (χ4n) is 1.99. The Morgan fingerprint density at radius 2 is 2.05 bits per heavy atom. The quantitative estimate of drug-likeness (QED) is 0.844. The number of anilines is 1. The van der Waals surface area contributed by atoms with Crippen molar-refractivity contribution in [2.24, 2.45) is 0 Å². The minimum absolute atomic E-state index is 0.663. The highest BCUT2D eigenvalue weighted by atomic mass is 16.5. The van der Waals surface area contributed by atoms with Crippen LogP contribution in [-0.2, 0) is 13.1 Å². The van der Waals surface area contributed by atoms with Crippen molar-refractivity contribution in [2.75, 3.05) is 19.5 Å². The molecule has 0 unspecified atom stereocenters. The van der Waals surface area contributed by atoms with E-state index in [1.807, 2.05) is 35.1 Å². The van der Waals surface area contributed by atoms with E-state index in [4.69, 9.17) is 9.47 Å². The number of benzene rings is 1. The molecule has 108 valence electrons. The van der Waals surface area contributed by atoms with Gasteiger partial charge in [-0.05, 0) is 18.6 Å². The highest BCUT2D eigenvalue weighted by Gasteiger charge is 2.05. The van der Waals surface area contributed by atoms with Crippen molar-refractivity contribution in [3.8, 4) is 11.5 Å². The van der Waals surface area contributed by atoms with Gasteiger partial charge in [-0.2, -0.15) is 5.10 Å². The summed E-state index contributed by atoms with van der Waals surface area (Å²) in [6.45, 7) is 3.74. The van der Waals surface area contributed by atoms with Crippen LogP contribution in [0, 0.1) is 0 Å². The standard InChI is InChI=1S/C15H21N3O2/c1-4-8-18-9-7-15(17-18)16-11-12-5-6-13(19-2)10-14(12)20-3/h5-7,9-10H,4,8,11H2,1-3H3,(H,16,17). The summed E-state index contributed by atoms with van der Waals surface area (Å²) in [5, 5.41) is 7.74. The lowest BCUT2D eigenvalue weighted by molar-refractivity contribution is 0.391. The predicted molar refractivity (Wildman–Crippen MR) is 79.4 cm³/mol. The van der Waals surface area contributed by atoms with E-state index in [-0.39, 0.29) is 0 Å². The normalized spacial score (nSPS) is 10.3. The lowest BCUT2D eigenvalue weighted by atomic mass is 10.2. The second-order valence-corrected chi connectivity index (χ2v) is 4.50. The SMILES string of the molecule is CCCn1ccc(NCc2ccc(OC)cc2OC)n1. The molecular formula is C15H21N3O2. The van der Waals surface area contributed by atoms with Gasteiger partial charge in [-0.15, -0.1) is 0 Å². The number of aryl methyl sites for hydroxylation is 1. The number of nitrogens with zero attached hydrogens (tertiary/aromatic N) is 2. The van der Waals surface area contributed by atoms with Crippen LogP contribution >= 0.6 is 0 Å². The molecule has 0 aliphatic rings. The van der Waals surface area contributed by atoms with Gasteiger partial charge in [0.25, 0.3) is 0 Å². The summed E-state index contributed by atoms with van der Waals surface area (Å²) in [6, 6.07) is 7.78. The summed E-state index contributed by atoms with van der Waals surface area (Å²) in [4.78, 5) is 0. The van der Waals surface area contributed by atoms with Crippen LogP contribution in [-0.4, -0.2) is 24.0 Å². The average molecular weight is 275 g/mol. The molecule has 5 nitrogen and oxygen atoms in total. The van der Waals surface area contributed by atoms with Crippen molar-refractivity contribution in [1.82, 2.24) is 9.78 Å². The van der Waals surface area contributed by atoms with Gasteiger partial charge in [0.1, 0.15) is 17.3 Å². The molecule has 0 fully saturated rings. The Morgan fingerprint density at radius 3 is 2.75 bits per heavy atom. The summed E-state index contributed by atoms with van der Waals surface area (Å²) >= 11 is 0. The molecule has 1 heterocycles. The van der Waals surface area contributed by atoms with Crippen LogP contribution in [0.2, 0.25) is 0 Å². The number of ether oxygens (including phenoxy) is 2. The maximum Gasteiger partial charge on any atom is 0.148 e. The molecule has 5 heteroatoms. The largest absolute Gasteiger partial charge is 0.497 e. The zero-order valence-corrected chi connectivity index (χ0v) is 12.2. The van der Waals surface area contributed by atoms with Crippen LogP contribution in [0.15, 0.2) is 30.5 Å². The van der Waals surface area contributed by atoms with Crippen LogP contribution in [0.1, 0.15) is 18.9 Å². The van der Waals surface area contributed by atoms with Gasteiger partial charge in [0.05, 0.1) is 14.2 Å². The second-order valence-electron chi connectivity index (χ2n) is 4.50. The maximum atomic E-state index is 5.37. The lowest BCUT2D eigenvalue weighted by Crippen LogP contribution is -2.04. The highest BCUT2D eigenvalue weighted by Crippen LogP contribution is 2.25. The van der Waals surface area contributed by atoms with Gasteiger partial charge in [0.2, 0.25) is 0 Å². The molecule has 0 atom stereocenters. The second kappa shape index (κ2) is 6.84. The average Bonchev–Trinajstić information content (AvgIpc) is 2.93. The van der Waals surface area contributed by atoms with Gasteiger partial charge < -0.3 is 14.8 Å². The molecule has 0 aliphatic carbocycles. The minimum Gasteiger partial charge on any atom is -0.497 e. The van der Waals surface area contributed by atoms with E-state index in [2.05, 4.69) is 17.3 Å². The summed E-state index contributed by atoms with van der Waals surface area (Å²) in [6.07, 6.45) is 3.06. The highest BCUT2D eigenvalue weighted by molar-refractivity contribution is 5.43. The summed E-state index contributed by atoms with van der Waals surface area (Å²) in [5.74, 6) is 2.47. The smallest absolute Gasteiger partial charge is 0.148 e. The van der Waals surface area contributed by atoms with Crippen LogP contribution in [0.3, 0.4) is 0 Å². The first-order valence-electron chi connectivity index (χ1n) is 6.75. The van der Waals surface area contributed by atoms with Crippen LogP contribution in [0.25, 0.3) is 0 Å². The van der Waals surface area contributed by atoms with Crippen molar-refractivity contribution >= 4 is 5.82 Å². The Morgan fingerprint density at radius 1 is 1.20 bits per heavy atom. The fourth-order valence-corrected chi connectivity index (χ4v) is 1.99. The van der Waals surface area contributed by atoms with Crippen LogP contribution < -0.4 is 14.8 Å². The van der Waals surface area contributed by atoms with Crippen molar-refractivity contribution in [1.29, 1.82) is 0 Å². The molecule has 0 saturated carbocycles. The van der Waals surface area contributed by atoms with Crippen molar-refractivity contribution < 1.29 is 9.47 Å². The molecule has 1 aromatic carbocycles. The van der Waals surface area contributed by atoms with Gasteiger partial charge in [-0.3, -0.25) is 4.68 Å². The van der Waals surface area contributed by atoms with Crippen molar-refractivity contribution in [3.05, 3.63) is 36.0 Å². The number of aromatic nitrogens is 2. The van der Waals surface area contributed by atoms with Crippen LogP contribution in [0.5, 0.6) is 11.5 Å². The molecule has 0 saturated heterocycles. The Balaban J connectivity index is 2.02. The van der Waals surface area contributed by atoms with E-state index in [1.54, 1.807) is 14.2 Å². The van der Waals surface area contributed by atoms with Crippen molar-refractivity contribution in [2.45, 2.75) is 26.4 Å². The third-order valence-electron chi connectivity index (χ3n) is 3.05. The van der Waals surface area contributed by atoms with Gasteiger partial charge in [-0.1, -0.05) is 6.92 Å². The van der Waals surface area contributed by atoms with E-state index in [9.17, 15) is 0 Å². The first-order chi connectivity index (χ1) is 9.76. The number of rotatable bonds is 7. The van der Waals surface area contributed by atoms with Crippen molar-refractivity contribution in [3.63, 3.8) is 0 Å². The summed E-state index contributed by atoms with van der Waals surface area (Å²) in [7, 11) is 3.31. The molecule has 0 radical (unpaired) electrons. The maximum absolute atomic E-state index is 5.37. The van der Waals surface area contributed by atoms with E-state index in [0.29, 0.717) is 6.54 Å². The Kier molecular flexibility index (Phi) is 4.87. The first-order valence-corrected chi connectivity index (χ1v) is 6.75. The summed E-state index contributed by atoms with van der Waals surface area (Å²) in [5.41, 5.74) is 1.07. The molecular weight excluding hydrogens is 254 g/mol. The zero-order chi connectivity index (χ0) is 14.4. The Labute approximate surface area is 119 Å². The predicted octanol–water partition coefficient (Wildman–Crippen LogP) is 2.92. The Bertz CT molecular complexity index is 552. The first kappa shape index (κ1) is 14.2. The molecule has 0 spiro atoms. The lowest BCUT2D eigenvalue weighted by Gasteiger charge is -2.10. The molecule has 20 heavy (non-hydrogen) atoms. The topological polar surface area (TPSA) is 48.3 Å². The Hall–Kier alpha value is -2.17. The molecule has 1 N–H and O–H groups in total. The third kappa shape index (κ3) is 3.44. The molecule has 0 aliphatic heterocycles. The molecule has 0 bridgehead atoms. The third-order valence-corrected chi connectivity index (χ3v) is 3.05.